The van der Waals surface area contributed by atoms with Crippen molar-refractivity contribution in [2.45, 2.75) is 26.5 Å². The first kappa shape index (κ1) is 16.8. The summed E-state index contributed by atoms with van der Waals surface area (Å²) in [5.41, 5.74) is 2.44. The maximum atomic E-state index is 5.87. The lowest BCUT2D eigenvalue weighted by atomic mass is 10.2. The van der Waals surface area contributed by atoms with Crippen LogP contribution in [0.15, 0.2) is 46.9 Å². The Morgan fingerprint density at radius 2 is 1.81 bits per heavy atom. The minimum Gasteiger partial charge on any atom is -0.488 e. The van der Waals surface area contributed by atoms with Gasteiger partial charge in [0.15, 0.2) is 0 Å². The summed E-state index contributed by atoms with van der Waals surface area (Å²) >= 11 is 5.89. The third-order valence-corrected chi connectivity index (χ3v) is 4.40. The third kappa shape index (κ3) is 5.60. The van der Waals surface area contributed by atoms with Crippen LogP contribution in [0.5, 0.6) is 5.75 Å². The van der Waals surface area contributed by atoms with E-state index in [-0.39, 0.29) is 0 Å². The molecule has 0 aliphatic carbocycles. The maximum absolute atomic E-state index is 5.87. The van der Waals surface area contributed by atoms with E-state index in [1.165, 1.54) is 14.7 Å². The number of hydrogen-bond acceptors (Lipinski definition) is 2. The molecule has 0 bridgehead atoms. The highest BCUT2D eigenvalue weighted by Crippen LogP contribution is 2.27. The zero-order valence-electron chi connectivity index (χ0n) is 12.0. The summed E-state index contributed by atoms with van der Waals surface area (Å²) in [7, 11) is 0. The molecule has 0 radical (unpaired) electrons. The molecule has 0 aromatic heterocycles. The predicted molar refractivity (Wildman–Crippen MR) is 99.6 cm³/mol. The van der Waals surface area contributed by atoms with Gasteiger partial charge in [0.25, 0.3) is 0 Å². The second kappa shape index (κ2) is 8.76. The minimum absolute atomic E-state index is 0.586. The van der Waals surface area contributed by atoms with E-state index in [1.54, 1.807) is 0 Å². The van der Waals surface area contributed by atoms with Crippen LogP contribution in [0.3, 0.4) is 0 Å². The highest BCUT2D eigenvalue weighted by molar-refractivity contribution is 14.1. The molecule has 1 N–H and O–H groups in total. The molecule has 2 rings (SSSR count). The molecule has 0 fully saturated rings. The van der Waals surface area contributed by atoms with Gasteiger partial charge in [-0.05, 0) is 86.9 Å². The standard InChI is InChI=1S/C17H19BrINO/c1-2-9-20-11-14-5-8-17(16(18)10-14)21-12-13-3-6-15(19)7-4-13/h3-8,10,20H,2,9,11-12H2,1H3. The second-order valence-electron chi connectivity index (χ2n) is 4.86. The summed E-state index contributed by atoms with van der Waals surface area (Å²) < 4.78 is 8.11. The molecule has 2 aromatic carbocycles. The zero-order chi connectivity index (χ0) is 15.1. The SMILES string of the molecule is CCCNCc1ccc(OCc2ccc(I)cc2)c(Br)c1. The van der Waals surface area contributed by atoms with Crippen LogP contribution >= 0.6 is 38.5 Å². The van der Waals surface area contributed by atoms with E-state index in [4.69, 9.17) is 4.74 Å². The van der Waals surface area contributed by atoms with E-state index in [0.717, 1.165) is 29.7 Å². The first-order valence-electron chi connectivity index (χ1n) is 7.05. The molecule has 0 amide bonds. The van der Waals surface area contributed by atoms with Gasteiger partial charge in [-0.3, -0.25) is 0 Å². The number of rotatable bonds is 7. The summed E-state index contributed by atoms with van der Waals surface area (Å²) in [4.78, 5) is 0. The first-order valence-corrected chi connectivity index (χ1v) is 8.92. The topological polar surface area (TPSA) is 21.3 Å². The van der Waals surface area contributed by atoms with Crippen molar-refractivity contribution in [2.75, 3.05) is 6.54 Å². The Morgan fingerprint density at radius 1 is 1.10 bits per heavy atom. The van der Waals surface area contributed by atoms with Gasteiger partial charge in [-0.15, -0.1) is 0 Å². The molecule has 2 aromatic rings. The minimum atomic E-state index is 0.586. The molecule has 112 valence electrons. The van der Waals surface area contributed by atoms with Gasteiger partial charge in [-0.25, -0.2) is 0 Å². The maximum Gasteiger partial charge on any atom is 0.134 e. The molecule has 4 heteroatoms. The van der Waals surface area contributed by atoms with Gasteiger partial charge in [-0.1, -0.05) is 25.1 Å². The average Bonchev–Trinajstić information content (AvgIpc) is 2.48. The highest BCUT2D eigenvalue weighted by atomic mass is 127. The van der Waals surface area contributed by atoms with Gasteiger partial charge in [0.2, 0.25) is 0 Å². The van der Waals surface area contributed by atoms with Crippen molar-refractivity contribution >= 4 is 38.5 Å². The fourth-order valence-electron chi connectivity index (χ4n) is 1.92. The number of nitrogens with one attached hydrogen (secondary N) is 1. The second-order valence-corrected chi connectivity index (χ2v) is 6.96. The van der Waals surface area contributed by atoms with E-state index >= 15 is 0 Å². The largest absolute Gasteiger partial charge is 0.488 e. The molecule has 0 heterocycles. The Balaban J connectivity index is 1.92. The van der Waals surface area contributed by atoms with Gasteiger partial charge in [-0.2, -0.15) is 0 Å². The van der Waals surface area contributed by atoms with Crippen molar-refractivity contribution in [3.63, 3.8) is 0 Å². The summed E-state index contributed by atoms with van der Waals surface area (Å²) in [5, 5.41) is 3.40. The summed E-state index contributed by atoms with van der Waals surface area (Å²) in [6.45, 7) is 4.69. The predicted octanol–water partition coefficient (Wildman–Crippen LogP) is 5.13. The van der Waals surface area contributed by atoms with Gasteiger partial charge < -0.3 is 10.1 Å². The summed E-state index contributed by atoms with van der Waals surface area (Å²) in [6.07, 6.45) is 1.15. The van der Waals surface area contributed by atoms with Crippen molar-refractivity contribution in [1.29, 1.82) is 0 Å². The van der Waals surface area contributed by atoms with Crippen LogP contribution in [0.25, 0.3) is 0 Å². The lowest BCUT2D eigenvalue weighted by Crippen LogP contribution is -2.13. The molecule has 2 nitrogen and oxygen atoms in total. The van der Waals surface area contributed by atoms with E-state index in [9.17, 15) is 0 Å². The molecule has 0 atom stereocenters. The lowest BCUT2D eigenvalue weighted by Gasteiger charge is -2.10. The van der Waals surface area contributed by atoms with Crippen molar-refractivity contribution in [3.05, 3.63) is 61.6 Å². The number of ether oxygens (including phenoxy) is 1. The lowest BCUT2D eigenvalue weighted by molar-refractivity contribution is 0.304. The normalized spacial score (nSPS) is 10.6. The van der Waals surface area contributed by atoms with Crippen molar-refractivity contribution in [3.8, 4) is 5.75 Å². The first-order chi connectivity index (χ1) is 10.2. The monoisotopic (exact) mass is 459 g/mol. The van der Waals surface area contributed by atoms with Gasteiger partial charge in [0.05, 0.1) is 4.47 Å². The molecule has 0 aliphatic heterocycles. The molecule has 0 saturated carbocycles. The van der Waals surface area contributed by atoms with Crippen molar-refractivity contribution < 1.29 is 4.74 Å². The Kier molecular flexibility index (Phi) is 6.99. The van der Waals surface area contributed by atoms with Crippen LogP contribution in [-0.4, -0.2) is 6.54 Å². The Morgan fingerprint density at radius 3 is 2.48 bits per heavy atom. The molecule has 0 spiro atoms. The number of halogens is 2. The Labute approximate surface area is 148 Å². The van der Waals surface area contributed by atoms with E-state index in [2.05, 4.69) is 87.2 Å². The molecule has 21 heavy (non-hydrogen) atoms. The highest BCUT2D eigenvalue weighted by Gasteiger charge is 2.03. The number of hydrogen-bond donors (Lipinski definition) is 1. The zero-order valence-corrected chi connectivity index (χ0v) is 15.8. The molecular weight excluding hydrogens is 441 g/mol. The van der Waals surface area contributed by atoms with E-state index in [1.807, 2.05) is 6.07 Å². The Hall–Kier alpha value is -0.590. The third-order valence-electron chi connectivity index (χ3n) is 3.06. The van der Waals surface area contributed by atoms with Crippen LogP contribution < -0.4 is 10.1 Å². The van der Waals surface area contributed by atoms with E-state index < -0.39 is 0 Å². The summed E-state index contributed by atoms with van der Waals surface area (Å²) in [6, 6.07) is 14.6. The summed E-state index contributed by atoms with van der Waals surface area (Å²) in [5.74, 6) is 0.882. The van der Waals surface area contributed by atoms with Crippen LogP contribution in [0, 0.1) is 3.57 Å². The quantitative estimate of drug-likeness (QED) is 0.457. The smallest absolute Gasteiger partial charge is 0.134 e. The van der Waals surface area contributed by atoms with Crippen LogP contribution in [0.2, 0.25) is 0 Å². The van der Waals surface area contributed by atoms with Crippen molar-refractivity contribution in [2.24, 2.45) is 0 Å². The average molecular weight is 460 g/mol. The molecule has 0 saturated heterocycles. The molecule has 0 aliphatic rings. The van der Waals surface area contributed by atoms with Gasteiger partial charge >= 0.3 is 0 Å². The fourth-order valence-corrected chi connectivity index (χ4v) is 2.82. The number of benzene rings is 2. The molecule has 0 unspecified atom stereocenters. The van der Waals surface area contributed by atoms with Gasteiger partial charge in [0.1, 0.15) is 12.4 Å². The Bertz CT molecular complexity index is 572. The van der Waals surface area contributed by atoms with E-state index in [0.29, 0.717) is 6.61 Å². The van der Waals surface area contributed by atoms with Crippen LogP contribution in [0.1, 0.15) is 24.5 Å². The van der Waals surface area contributed by atoms with Gasteiger partial charge in [0, 0.05) is 10.1 Å². The van der Waals surface area contributed by atoms with Crippen LogP contribution in [-0.2, 0) is 13.2 Å². The molecular formula is C17H19BrINO. The van der Waals surface area contributed by atoms with Crippen LogP contribution in [0.4, 0.5) is 0 Å². The fraction of sp³-hybridized carbons (Fsp3) is 0.294. The van der Waals surface area contributed by atoms with Crippen molar-refractivity contribution in [1.82, 2.24) is 5.32 Å².